The quantitative estimate of drug-likeness (QED) is 0.212. The summed E-state index contributed by atoms with van der Waals surface area (Å²) in [7, 11) is -2.61. The Morgan fingerprint density at radius 1 is 0.956 bits per heavy atom. The summed E-state index contributed by atoms with van der Waals surface area (Å²) >= 11 is 0. The van der Waals surface area contributed by atoms with Crippen LogP contribution < -0.4 is 24.6 Å². The van der Waals surface area contributed by atoms with Gasteiger partial charge in [-0.05, 0) is 34.3 Å². The molecule has 2 unspecified atom stereocenters. The highest BCUT2D eigenvalue weighted by atomic mass is 28.3. The molecule has 5 rings (SSSR count). The summed E-state index contributed by atoms with van der Waals surface area (Å²) in [6.07, 6.45) is -4.26. The molecule has 1 aliphatic carbocycles. The largest absolute Gasteiger partial charge is 0.479 e. The maximum Gasteiger partial charge on any atom is 0.341 e. The average molecular weight is 637 g/mol. The molecule has 2 aliphatic rings. The minimum atomic E-state index is -2.61. The Labute approximate surface area is 264 Å². The molecule has 0 spiro atoms. The Bertz CT molecular complexity index is 1440. The van der Waals surface area contributed by atoms with Crippen molar-refractivity contribution in [2.24, 2.45) is 11.3 Å². The molecular weight excluding hydrogens is 596 g/mol. The predicted molar refractivity (Wildman–Crippen MR) is 168 cm³/mol. The standard InChI is InChI=1S/C34H40O10Si/c1-21(35)40-19-24(36)31(39)34(44-45(22-12-7-5-8-13-22)23-14-9-6-10-15-23)28(33(2,3)4)18-27-32(34)43-26-17-11-16-25(30(26)42-27)41-20-29(37)38/h5-17,24,27-28,31-32,36,39,45H,18-20H2,1-4H3,(H,37,38)/t24?,27-,28+,31+,32+,34?/m0/s1. The van der Waals surface area contributed by atoms with Gasteiger partial charge in [0.05, 0.1) is 0 Å². The zero-order valence-electron chi connectivity index (χ0n) is 25.8. The molecule has 1 saturated carbocycles. The van der Waals surface area contributed by atoms with Gasteiger partial charge in [0.25, 0.3) is 0 Å². The lowest BCUT2D eigenvalue weighted by Gasteiger charge is -2.50. The molecule has 6 atom stereocenters. The SMILES string of the molecule is CC(=O)OCC(O)[C@@H](O)C1(O[SiH](c2ccccc2)c2ccccc2)[C@@H]2Oc3cccc(OCC(=O)O)c3O[C@H]2C[C@@H]1C(C)(C)C. The van der Waals surface area contributed by atoms with Gasteiger partial charge in [-0.2, -0.15) is 0 Å². The highest BCUT2D eigenvalue weighted by molar-refractivity contribution is 6.80. The van der Waals surface area contributed by atoms with Gasteiger partial charge in [-0.3, -0.25) is 4.79 Å². The third-order valence-electron chi connectivity index (χ3n) is 8.47. The van der Waals surface area contributed by atoms with Crippen LogP contribution in [-0.2, 0) is 18.8 Å². The molecular formula is C34H40O10Si. The van der Waals surface area contributed by atoms with Crippen molar-refractivity contribution in [1.82, 2.24) is 0 Å². The van der Waals surface area contributed by atoms with Gasteiger partial charge in [0.2, 0.25) is 14.8 Å². The molecule has 3 N–H and O–H groups in total. The second-order valence-electron chi connectivity index (χ2n) is 12.6. The molecule has 240 valence electrons. The number of rotatable bonds is 11. The van der Waals surface area contributed by atoms with Crippen LogP contribution in [0, 0.1) is 11.3 Å². The summed E-state index contributed by atoms with van der Waals surface area (Å²) in [6.45, 7) is 6.34. The van der Waals surface area contributed by atoms with E-state index >= 15 is 0 Å². The van der Waals surface area contributed by atoms with E-state index in [2.05, 4.69) is 0 Å². The molecule has 0 saturated heterocycles. The average Bonchev–Trinajstić information content (AvgIpc) is 3.35. The van der Waals surface area contributed by atoms with Crippen LogP contribution in [0.15, 0.2) is 78.9 Å². The molecule has 0 aromatic heterocycles. The van der Waals surface area contributed by atoms with E-state index in [1.165, 1.54) is 6.92 Å². The van der Waals surface area contributed by atoms with E-state index in [9.17, 15) is 24.9 Å². The van der Waals surface area contributed by atoms with E-state index in [1.807, 2.05) is 81.4 Å². The number of carbonyl (C=O) groups excluding carboxylic acids is 1. The molecule has 0 bridgehead atoms. The molecule has 1 heterocycles. The van der Waals surface area contributed by atoms with Crippen molar-refractivity contribution in [2.45, 2.75) is 64.1 Å². The second-order valence-corrected chi connectivity index (χ2v) is 14.9. The summed E-state index contributed by atoms with van der Waals surface area (Å²) in [5.41, 5.74) is -2.03. The first-order valence-corrected chi connectivity index (χ1v) is 16.6. The van der Waals surface area contributed by atoms with Gasteiger partial charge >= 0.3 is 11.9 Å². The molecule has 11 heteroatoms. The fraction of sp³-hybridized carbons (Fsp3) is 0.412. The molecule has 0 radical (unpaired) electrons. The Kier molecular flexibility index (Phi) is 9.54. The molecule has 45 heavy (non-hydrogen) atoms. The zero-order chi connectivity index (χ0) is 32.4. The van der Waals surface area contributed by atoms with Gasteiger partial charge in [0.15, 0.2) is 24.2 Å². The number of esters is 1. The van der Waals surface area contributed by atoms with Crippen LogP contribution >= 0.6 is 0 Å². The normalized spacial score (nSPS) is 23.6. The van der Waals surface area contributed by atoms with Crippen LogP contribution in [0.25, 0.3) is 0 Å². The Hall–Kier alpha value is -3.90. The van der Waals surface area contributed by atoms with E-state index in [1.54, 1.807) is 18.2 Å². The van der Waals surface area contributed by atoms with E-state index in [0.717, 1.165) is 10.4 Å². The third kappa shape index (κ3) is 6.71. The minimum absolute atomic E-state index is 0.218. The maximum absolute atomic E-state index is 12.3. The number of fused-ring (bicyclic) bond motifs is 2. The fourth-order valence-electron chi connectivity index (χ4n) is 6.56. The van der Waals surface area contributed by atoms with Crippen LogP contribution in [0.4, 0.5) is 0 Å². The van der Waals surface area contributed by atoms with Gasteiger partial charge in [0, 0.05) is 12.8 Å². The van der Waals surface area contributed by atoms with E-state index in [-0.39, 0.29) is 11.5 Å². The van der Waals surface area contributed by atoms with Gasteiger partial charge in [-0.1, -0.05) is 87.5 Å². The van der Waals surface area contributed by atoms with E-state index in [0.29, 0.717) is 12.2 Å². The maximum atomic E-state index is 12.3. The molecule has 3 aromatic rings. The third-order valence-corrected chi connectivity index (χ3v) is 11.1. The van der Waals surface area contributed by atoms with Crippen LogP contribution in [0.2, 0.25) is 0 Å². The lowest BCUT2D eigenvalue weighted by atomic mass is 9.69. The van der Waals surface area contributed by atoms with Crippen LogP contribution in [0.3, 0.4) is 0 Å². The number of hydrogen-bond acceptors (Lipinski definition) is 9. The fourth-order valence-corrected chi connectivity index (χ4v) is 9.21. The lowest BCUT2D eigenvalue weighted by molar-refractivity contribution is -0.196. The molecule has 0 amide bonds. The zero-order valence-corrected chi connectivity index (χ0v) is 26.9. The van der Waals surface area contributed by atoms with Crippen LogP contribution in [0.5, 0.6) is 17.2 Å². The van der Waals surface area contributed by atoms with Gasteiger partial charge in [0.1, 0.15) is 30.5 Å². The first kappa shape index (κ1) is 32.5. The van der Waals surface area contributed by atoms with Gasteiger partial charge < -0.3 is 38.7 Å². The highest BCUT2D eigenvalue weighted by Crippen LogP contribution is 2.56. The summed E-state index contributed by atoms with van der Waals surface area (Å²) < 4.78 is 31.2. The Morgan fingerprint density at radius 3 is 2.13 bits per heavy atom. The first-order valence-electron chi connectivity index (χ1n) is 15.0. The smallest absolute Gasteiger partial charge is 0.341 e. The number of para-hydroxylation sites is 1. The number of ether oxygens (including phenoxy) is 4. The topological polar surface area (TPSA) is 141 Å². The molecule has 3 aromatic carbocycles. The van der Waals surface area contributed by atoms with Crippen molar-refractivity contribution in [3.8, 4) is 17.2 Å². The van der Waals surface area contributed by atoms with Crippen molar-refractivity contribution in [3.63, 3.8) is 0 Å². The lowest BCUT2D eigenvalue weighted by Crippen LogP contribution is -2.69. The Morgan fingerprint density at radius 2 is 1.58 bits per heavy atom. The van der Waals surface area contributed by atoms with Gasteiger partial charge in [-0.15, -0.1) is 0 Å². The predicted octanol–water partition coefficient (Wildman–Crippen LogP) is 2.30. The number of carboxylic acid groups (broad SMARTS) is 1. The minimum Gasteiger partial charge on any atom is -0.479 e. The second kappa shape index (κ2) is 13.2. The number of carboxylic acids is 1. The van der Waals surface area contributed by atoms with Crippen molar-refractivity contribution in [2.75, 3.05) is 13.2 Å². The van der Waals surface area contributed by atoms with Crippen molar-refractivity contribution >= 4 is 31.4 Å². The number of aliphatic hydroxyl groups excluding tert-OH is 2. The number of aliphatic hydroxyl groups is 2. The van der Waals surface area contributed by atoms with Crippen molar-refractivity contribution in [3.05, 3.63) is 78.9 Å². The summed E-state index contributed by atoms with van der Waals surface area (Å²) in [6, 6.07) is 24.5. The summed E-state index contributed by atoms with van der Waals surface area (Å²) in [5.74, 6) is -1.38. The van der Waals surface area contributed by atoms with E-state index < -0.39 is 75.5 Å². The monoisotopic (exact) mass is 636 g/mol. The van der Waals surface area contributed by atoms with Crippen LogP contribution in [0.1, 0.15) is 34.1 Å². The number of carbonyl (C=O) groups is 2. The Balaban J connectivity index is 1.67. The van der Waals surface area contributed by atoms with Crippen molar-refractivity contribution in [1.29, 1.82) is 0 Å². The molecule has 1 fully saturated rings. The summed E-state index contributed by atoms with van der Waals surface area (Å²) in [5, 5.41) is 34.8. The van der Waals surface area contributed by atoms with Crippen molar-refractivity contribution < 1.29 is 48.3 Å². The number of aliphatic carboxylic acids is 1. The van der Waals surface area contributed by atoms with Gasteiger partial charge in [-0.25, -0.2) is 4.79 Å². The van der Waals surface area contributed by atoms with E-state index in [4.69, 9.17) is 23.4 Å². The van der Waals surface area contributed by atoms with Crippen LogP contribution in [-0.4, -0.2) is 79.5 Å². The highest BCUT2D eigenvalue weighted by Gasteiger charge is 2.68. The number of hydrogen-bond donors (Lipinski definition) is 3. The number of benzene rings is 3. The summed E-state index contributed by atoms with van der Waals surface area (Å²) in [4.78, 5) is 22.9. The first-order chi connectivity index (χ1) is 21.4. The molecule has 10 nitrogen and oxygen atoms in total. The molecule has 1 aliphatic heterocycles.